The zero-order chi connectivity index (χ0) is 44.4. The largest absolute Gasteiger partial charge is 0.462 e. The molecule has 1 aliphatic rings. The number of ether oxygens (including phenoxy) is 4. The summed E-state index contributed by atoms with van der Waals surface area (Å²) in [7, 11) is 0. The number of unbranched alkanes of at least 4 members (excludes halogenated alkanes) is 30. The molecule has 2 unspecified atom stereocenters. The fourth-order valence-electron chi connectivity index (χ4n) is 7.87. The van der Waals surface area contributed by atoms with Crippen LogP contribution in [0.3, 0.4) is 0 Å². The number of allylic oxidation sites excluding steroid dienone is 1. The Hall–Kier alpha value is -1.78. The molecule has 10 heteroatoms. The zero-order valence-electron chi connectivity index (χ0n) is 39.2. The maximum atomic E-state index is 12.8. The minimum absolute atomic E-state index is 0.222. The Balaban J connectivity index is 2.26. The van der Waals surface area contributed by atoms with Gasteiger partial charge in [0.25, 0.3) is 0 Å². The Morgan fingerprint density at radius 2 is 0.918 bits per heavy atom. The molecule has 61 heavy (non-hydrogen) atoms. The van der Waals surface area contributed by atoms with Gasteiger partial charge in [0.05, 0.1) is 13.2 Å². The first kappa shape index (κ1) is 57.2. The van der Waals surface area contributed by atoms with Crippen LogP contribution >= 0.6 is 0 Å². The highest BCUT2D eigenvalue weighted by Crippen LogP contribution is 2.23. The van der Waals surface area contributed by atoms with Crippen LogP contribution in [0, 0.1) is 0 Å². The normalized spacial score (nSPS) is 19.3. The molecule has 0 spiro atoms. The molecule has 0 saturated carbocycles. The minimum atomic E-state index is -1.60. The topological polar surface area (TPSA) is 152 Å². The lowest BCUT2D eigenvalue weighted by atomic mass is 9.99. The van der Waals surface area contributed by atoms with Crippen molar-refractivity contribution in [2.24, 2.45) is 0 Å². The van der Waals surface area contributed by atoms with E-state index in [9.17, 15) is 30.0 Å². The summed E-state index contributed by atoms with van der Waals surface area (Å²) in [5.74, 6) is -0.815. The molecule has 1 saturated heterocycles. The van der Waals surface area contributed by atoms with Crippen LogP contribution in [0.2, 0.25) is 0 Å². The third-order valence-corrected chi connectivity index (χ3v) is 11.9. The van der Waals surface area contributed by atoms with Gasteiger partial charge in [0.2, 0.25) is 0 Å². The van der Waals surface area contributed by atoms with Gasteiger partial charge in [-0.1, -0.05) is 187 Å². The van der Waals surface area contributed by atoms with E-state index in [-0.39, 0.29) is 32.0 Å². The standard InChI is InChI=1S/C51H94O10/c1-3-5-7-9-11-13-15-17-19-20-21-22-23-24-26-28-30-32-34-36-38-40-47(54)60-44(43-59-51-50(57)49(56)48(55)45(41-52)61-51)42-58-46(53)39-37-35-33-31-29-27-25-18-16-14-12-10-8-6-4-2/h16,25,44-45,48-52,55-57H,3-15,17,19-24,26-43H2,1-2H3/t18?,44-,45-,48+,49?,50?,51-/m1/s1. The molecular formula is C51H94O10. The van der Waals surface area contributed by atoms with Crippen molar-refractivity contribution in [1.29, 1.82) is 0 Å². The van der Waals surface area contributed by atoms with Crippen molar-refractivity contribution >= 4 is 11.9 Å². The van der Waals surface area contributed by atoms with Gasteiger partial charge in [-0.2, -0.15) is 0 Å². The van der Waals surface area contributed by atoms with E-state index in [1.54, 1.807) is 0 Å². The van der Waals surface area contributed by atoms with Gasteiger partial charge in [-0.05, 0) is 50.7 Å². The number of carbonyl (C=O) groups excluding carboxylic acids is 2. The summed E-state index contributed by atoms with van der Waals surface area (Å²) in [4.78, 5) is 25.4. The van der Waals surface area contributed by atoms with E-state index in [1.165, 1.54) is 141 Å². The highest BCUT2D eigenvalue weighted by Gasteiger charge is 2.44. The van der Waals surface area contributed by atoms with Gasteiger partial charge in [-0.25, -0.2) is 0 Å². The highest BCUT2D eigenvalue weighted by atomic mass is 16.7. The molecule has 1 aliphatic heterocycles. The molecule has 10 nitrogen and oxygen atoms in total. The number of hydrogen-bond acceptors (Lipinski definition) is 10. The van der Waals surface area contributed by atoms with E-state index >= 15 is 0 Å². The van der Waals surface area contributed by atoms with Crippen LogP contribution in [0.15, 0.2) is 17.9 Å². The summed E-state index contributed by atoms with van der Waals surface area (Å²) in [6.45, 7) is 3.42. The third kappa shape index (κ3) is 33.4. The molecule has 1 heterocycles. The fourth-order valence-corrected chi connectivity index (χ4v) is 7.87. The predicted octanol–water partition coefficient (Wildman–Crippen LogP) is 11.7. The lowest BCUT2D eigenvalue weighted by molar-refractivity contribution is -0.305. The van der Waals surface area contributed by atoms with E-state index in [1.807, 2.05) is 0 Å². The summed E-state index contributed by atoms with van der Waals surface area (Å²) >= 11 is 0. The van der Waals surface area contributed by atoms with Gasteiger partial charge in [0.15, 0.2) is 12.4 Å². The first-order chi connectivity index (χ1) is 29.8. The Labute approximate surface area is 373 Å². The average Bonchev–Trinajstić information content (AvgIpc) is 3.26. The molecule has 0 amide bonds. The average molecular weight is 867 g/mol. The van der Waals surface area contributed by atoms with Crippen LogP contribution in [0.5, 0.6) is 0 Å². The number of carbonyl (C=O) groups is 2. The second-order valence-corrected chi connectivity index (χ2v) is 17.7. The quantitative estimate of drug-likeness (QED) is 0.0265. The molecule has 358 valence electrons. The lowest BCUT2D eigenvalue weighted by Gasteiger charge is -2.39. The third-order valence-electron chi connectivity index (χ3n) is 11.9. The van der Waals surface area contributed by atoms with Gasteiger partial charge in [-0.15, -0.1) is 5.73 Å². The fraction of sp³-hybridized carbons (Fsp3) is 0.902. The number of rotatable bonds is 43. The van der Waals surface area contributed by atoms with E-state index in [2.05, 4.69) is 31.7 Å². The smallest absolute Gasteiger partial charge is 0.306 e. The lowest BCUT2D eigenvalue weighted by Crippen LogP contribution is -2.59. The molecule has 1 rings (SSSR count). The highest BCUT2D eigenvalue weighted by molar-refractivity contribution is 5.70. The number of aliphatic hydroxyl groups is 4. The van der Waals surface area contributed by atoms with Crippen LogP contribution in [0.4, 0.5) is 0 Å². The van der Waals surface area contributed by atoms with Crippen LogP contribution in [0.25, 0.3) is 0 Å². The summed E-state index contributed by atoms with van der Waals surface area (Å²) in [6.07, 6.45) is 37.1. The SMILES string of the molecule is CCCCCCCC=C=CCCCCCCCC(=O)OC[C@H](CO[C@@H]1O[C@H](CO)[C@H](O)C(O)C1O)OC(=O)CCCCCCCCCCCCCCCCCCCCCCC. The molecule has 6 atom stereocenters. The van der Waals surface area contributed by atoms with E-state index < -0.39 is 49.4 Å². The van der Waals surface area contributed by atoms with E-state index in [4.69, 9.17) is 18.9 Å². The predicted molar refractivity (Wildman–Crippen MR) is 246 cm³/mol. The zero-order valence-corrected chi connectivity index (χ0v) is 39.2. The van der Waals surface area contributed by atoms with Crippen molar-refractivity contribution in [2.45, 2.75) is 275 Å². The second kappa shape index (κ2) is 42.2. The molecule has 1 fully saturated rings. The van der Waals surface area contributed by atoms with E-state index in [0.717, 1.165) is 57.8 Å². The van der Waals surface area contributed by atoms with Crippen molar-refractivity contribution in [3.05, 3.63) is 17.9 Å². The van der Waals surface area contributed by atoms with Crippen molar-refractivity contribution in [3.8, 4) is 0 Å². The van der Waals surface area contributed by atoms with Gasteiger partial charge < -0.3 is 39.4 Å². The molecule has 0 aromatic carbocycles. The van der Waals surface area contributed by atoms with Crippen LogP contribution in [0.1, 0.15) is 239 Å². The summed E-state index contributed by atoms with van der Waals surface area (Å²) in [6, 6.07) is 0. The first-order valence-corrected chi connectivity index (χ1v) is 25.5. The van der Waals surface area contributed by atoms with Crippen LogP contribution < -0.4 is 0 Å². The Morgan fingerprint density at radius 1 is 0.525 bits per heavy atom. The number of aliphatic hydroxyl groups excluding tert-OH is 4. The molecular weight excluding hydrogens is 773 g/mol. The molecule has 0 bridgehead atoms. The van der Waals surface area contributed by atoms with Crippen molar-refractivity contribution in [1.82, 2.24) is 0 Å². The maximum Gasteiger partial charge on any atom is 0.306 e. The number of hydrogen-bond donors (Lipinski definition) is 4. The van der Waals surface area contributed by atoms with Crippen molar-refractivity contribution in [3.63, 3.8) is 0 Å². The van der Waals surface area contributed by atoms with Gasteiger partial charge in [-0.3, -0.25) is 9.59 Å². The molecule has 0 aromatic rings. The van der Waals surface area contributed by atoms with Crippen molar-refractivity contribution < 1.29 is 49.0 Å². The first-order valence-electron chi connectivity index (χ1n) is 25.5. The summed E-state index contributed by atoms with van der Waals surface area (Å²) in [5.41, 5.74) is 3.30. The monoisotopic (exact) mass is 867 g/mol. The molecule has 4 N–H and O–H groups in total. The maximum absolute atomic E-state index is 12.8. The Morgan fingerprint density at radius 3 is 1.34 bits per heavy atom. The molecule has 0 radical (unpaired) electrons. The minimum Gasteiger partial charge on any atom is -0.462 e. The van der Waals surface area contributed by atoms with Gasteiger partial charge in [0, 0.05) is 12.8 Å². The molecule has 0 aliphatic carbocycles. The Bertz CT molecular complexity index is 1060. The van der Waals surface area contributed by atoms with Crippen LogP contribution in [-0.2, 0) is 28.5 Å². The number of esters is 2. The second-order valence-electron chi connectivity index (χ2n) is 17.7. The summed E-state index contributed by atoms with van der Waals surface area (Å²) in [5, 5.41) is 40.2. The van der Waals surface area contributed by atoms with E-state index in [0.29, 0.717) is 12.8 Å². The molecule has 0 aromatic heterocycles. The van der Waals surface area contributed by atoms with Crippen LogP contribution in [-0.4, -0.2) is 89.0 Å². The van der Waals surface area contributed by atoms with Gasteiger partial charge >= 0.3 is 11.9 Å². The van der Waals surface area contributed by atoms with Crippen molar-refractivity contribution in [2.75, 3.05) is 19.8 Å². The van der Waals surface area contributed by atoms with Gasteiger partial charge in [0.1, 0.15) is 31.0 Å². The Kier molecular flexibility index (Phi) is 39.6. The summed E-state index contributed by atoms with van der Waals surface area (Å²) < 4.78 is 22.2.